The zero-order valence-corrected chi connectivity index (χ0v) is 16.8. The third-order valence-electron chi connectivity index (χ3n) is 4.35. The lowest BCUT2D eigenvalue weighted by molar-refractivity contribution is -0.122. The van der Waals surface area contributed by atoms with E-state index >= 15 is 0 Å². The van der Waals surface area contributed by atoms with E-state index in [2.05, 4.69) is 5.32 Å². The molecule has 1 N–H and O–H groups in total. The lowest BCUT2D eigenvalue weighted by Crippen LogP contribution is -2.49. The summed E-state index contributed by atoms with van der Waals surface area (Å²) in [5.74, 6) is -0.758. The number of aryl methyl sites for hydroxylation is 1. The van der Waals surface area contributed by atoms with Crippen molar-refractivity contribution in [2.24, 2.45) is 0 Å². The van der Waals surface area contributed by atoms with E-state index in [-0.39, 0.29) is 11.9 Å². The molecule has 0 bridgehead atoms. The minimum absolute atomic E-state index is 0.308. The second-order valence-corrected chi connectivity index (χ2v) is 8.46. The van der Waals surface area contributed by atoms with Gasteiger partial charge >= 0.3 is 0 Å². The van der Waals surface area contributed by atoms with Gasteiger partial charge in [-0.1, -0.05) is 36.8 Å². The number of nitrogens with one attached hydrogen (secondary N) is 1. The molecule has 0 spiro atoms. The largest absolute Gasteiger partial charge is 0.348 e. The van der Waals surface area contributed by atoms with Gasteiger partial charge in [0.15, 0.2) is 0 Å². The van der Waals surface area contributed by atoms with Crippen molar-refractivity contribution >= 4 is 21.6 Å². The van der Waals surface area contributed by atoms with E-state index in [1.165, 1.54) is 12.1 Å². The first-order valence-corrected chi connectivity index (χ1v) is 10.6. The van der Waals surface area contributed by atoms with Crippen molar-refractivity contribution in [3.8, 4) is 0 Å². The van der Waals surface area contributed by atoms with Crippen LogP contribution in [0.3, 0.4) is 0 Å². The first-order valence-electron chi connectivity index (χ1n) is 8.75. The minimum Gasteiger partial charge on any atom is -0.348 e. The summed E-state index contributed by atoms with van der Waals surface area (Å²) in [6.45, 7) is 5.44. The smallest absolute Gasteiger partial charge is 0.244 e. The fraction of sp³-hybridized carbons (Fsp3) is 0.350. The number of benzene rings is 2. The highest BCUT2D eigenvalue weighted by Gasteiger charge is 2.32. The number of rotatable bonds is 7. The highest BCUT2D eigenvalue weighted by Crippen LogP contribution is 2.24. The van der Waals surface area contributed by atoms with Crippen LogP contribution in [-0.4, -0.2) is 26.6 Å². The Morgan fingerprint density at radius 2 is 1.67 bits per heavy atom. The van der Waals surface area contributed by atoms with Crippen molar-refractivity contribution in [1.29, 1.82) is 0 Å². The molecule has 0 aliphatic carbocycles. The number of amides is 1. The predicted molar refractivity (Wildman–Crippen MR) is 106 cm³/mol. The average molecular weight is 392 g/mol. The zero-order valence-electron chi connectivity index (χ0n) is 15.9. The standard InChI is InChI=1S/C20H25FN2O3S/c1-5-19(20(24)22-15(3)16-8-10-17(21)11-9-16)23(27(4,25)26)18-12-6-14(2)7-13-18/h6-13,15,19H,5H2,1-4H3,(H,22,24)/t15-,19+/m0/s1. The number of hydrogen-bond donors (Lipinski definition) is 1. The van der Waals surface area contributed by atoms with E-state index in [4.69, 9.17) is 0 Å². The number of hydrogen-bond acceptors (Lipinski definition) is 3. The summed E-state index contributed by atoms with van der Waals surface area (Å²) in [4.78, 5) is 12.9. The van der Waals surface area contributed by atoms with Crippen molar-refractivity contribution in [3.63, 3.8) is 0 Å². The molecule has 0 aromatic heterocycles. The molecular weight excluding hydrogens is 367 g/mol. The van der Waals surface area contributed by atoms with Crippen LogP contribution in [0.1, 0.15) is 37.4 Å². The molecule has 0 unspecified atom stereocenters. The van der Waals surface area contributed by atoms with Gasteiger partial charge in [-0.15, -0.1) is 0 Å². The van der Waals surface area contributed by atoms with Crippen LogP contribution in [-0.2, 0) is 14.8 Å². The molecule has 0 fully saturated rings. The first kappa shape index (κ1) is 20.9. The number of nitrogens with zero attached hydrogens (tertiary/aromatic N) is 1. The number of anilines is 1. The molecule has 0 aliphatic heterocycles. The van der Waals surface area contributed by atoms with Crippen molar-refractivity contribution in [3.05, 3.63) is 65.5 Å². The number of carbonyl (C=O) groups excluding carboxylic acids is 1. The molecule has 5 nitrogen and oxygen atoms in total. The Bertz CT molecular complexity index is 880. The maximum Gasteiger partial charge on any atom is 0.244 e. The van der Waals surface area contributed by atoms with E-state index in [9.17, 15) is 17.6 Å². The molecule has 2 aromatic rings. The van der Waals surface area contributed by atoms with E-state index in [0.29, 0.717) is 12.1 Å². The third kappa shape index (κ3) is 5.29. The van der Waals surface area contributed by atoms with E-state index in [0.717, 1.165) is 21.7 Å². The SMILES string of the molecule is CC[C@H](C(=O)N[C@@H](C)c1ccc(F)cc1)N(c1ccc(C)cc1)S(C)(=O)=O. The topological polar surface area (TPSA) is 66.5 Å². The van der Waals surface area contributed by atoms with E-state index < -0.39 is 22.0 Å². The minimum atomic E-state index is -3.67. The molecule has 2 rings (SSSR count). The normalized spacial score (nSPS) is 13.7. The number of sulfonamides is 1. The lowest BCUT2D eigenvalue weighted by Gasteiger charge is -2.31. The quantitative estimate of drug-likeness (QED) is 0.784. The van der Waals surface area contributed by atoms with Crippen molar-refractivity contribution in [1.82, 2.24) is 5.32 Å². The monoisotopic (exact) mass is 392 g/mol. The summed E-state index contributed by atoms with van der Waals surface area (Å²) in [5, 5.41) is 2.83. The maximum absolute atomic E-state index is 13.1. The first-order chi connectivity index (χ1) is 12.6. The fourth-order valence-electron chi connectivity index (χ4n) is 2.90. The Kier molecular flexibility index (Phi) is 6.59. The molecule has 2 atom stereocenters. The highest BCUT2D eigenvalue weighted by molar-refractivity contribution is 7.92. The van der Waals surface area contributed by atoms with Gasteiger partial charge in [-0.3, -0.25) is 9.10 Å². The number of halogens is 1. The van der Waals surface area contributed by atoms with Gasteiger partial charge in [0.1, 0.15) is 11.9 Å². The Hall–Kier alpha value is -2.41. The van der Waals surface area contributed by atoms with Crippen LogP contribution in [0.4, 0.5) is 10.1 Å². The lowest BCUT2D eigenvalue weighted by atomic mass is 10.1. The molecule has 2 aromatic carbocycles. The summed E-state index contributed by atoms with van der Waals surface area (Å²) in [5.41, 5.74) is 2.18. The molecule has 1 amide bonds. The van der Waals surface area contributed by atoms with Gasteiger partial charge in [0, 0.05) is 0 Å². The summed E-state index contributed by atoms with van der Waals surface area (Å²) < 4.78 is 39.1. The van der Waals surface area contributed by atoms with Crippen LogP contribution < -0.4 is 9.62 Å². The number of carbonyl (C=O) groups is 1. The van der Waals surface area contributed by atoms with Gasteiger partial charge in [-0.05, 0) is 50.1 Å². The molecule has 7 heteroatoms. The van der Waals surface area contributed by atoms with Gasteiger partial charge < -0.3 is 5.32 Å². The Morgan fingerprint density at radius 3 is 2.15 bits per heavy atom. The third-order valence-corrected chi connectivity index (χ3v) is 5.53. The Labute approximate surface area is 160 Å². The summed E-state index contributed by atoms with van der Waals surface area (Å²) in [6.07, 6.45) is 1.40. The van der Waals surface area contributed by atoms with Crippen LogP contribution in [0.5, 0.6) is 0 Å². The summed E-state index contributed by atoms with van der Waals surface area (Å²) in [7, 11) is -3.67. The van der Waals surface area contributed by atoms with Crippen LogP contribution in [0.2, 0.25) is 0 Å². The van der Waals surface area contributed by atoms with Crippen molar-refractivity contribution in [2.45, 2.75) is 39.3 Å². The van der Waals surface area contributed by atoms with Crippen LogP contribution in [0.25, 0.3) is 0 Å². The molecule has 27 heavy (non-hydrogen) atoms. The van der Waals surface area contributed by atoms with Crippen molar-refractivity contribution in [2.75, 3.05) is 10.6 Å². The molecular formula is C20H25FN2O3S. The Balaban J connectivity index is 2.28. The molecule has 0 aliphatic rings. The summed E-state index contributed by atoms with van der Waals surface area (Å²) >= 11 is 0. The van der Waals surface area contributed by atoms with Crippen molar-refractivity contribution < 1.29 is 17.6 Å². The zero-order chi connectivity index (χ0) is 20.2. The second kappa shape index (κ2) is 8.52. The highest BCUT2D eigenvalue weighted by atomic mass is 32.2. The predicted octanol–water partition coefficient (Wildman–Crippen LogP) is 3.56. The Morgan fingerprint density at radius 1 is 1.11 bits per heavy atom. The second-order valence-electron chi connectivity index (χ2n) is 6.60. The van der Waals surface area contributed by atoms with Crippen LogP contribution >= 0.6 is 0 Å². The molecule has 0 radical (unpaired) electrons. The summed E-state index contributed by atoms with van der Waals surface area (Å²) in [6, 6.07) is 11.6. The fourth-order valence-corrected chi connectivity index (χ4v) is 4.11. The van der Waals surface area contributed by atoms with E-state index in [1.807, 2.05) is 6.92 Å². The molecule has 146 valence electrons. The van der Waals surface area contributed by atoms with Gasteiger partial charge in [-0.2, -0.15) is 0 Å². The maximum atomic E-state index is 13.1. The van der Waals surface area contributed by atoms with Gasteiger partial charge in [0.25, 0.3) is 0 Å². The molecule has 0 heterocycles. The van der Waals surface area contributed by atoms with Gasteiger partial charge in [0.05, 0.1) is 18.0 Å². The van der Waals surface area contributed by atoms with Gasteiger partial charge in [0.2, 0.25) is 15.9 Å². The van der Waals surface area contributed by atoms with E-state index in [1.54, 1.807) is 50.2 Å². The molecule has 0 saturated carbocycles. The molecule has 0 saturated heterocycles. The average Bonchev–Trinajstić information content (AvgIpc) is 2.60. The van der Waals surface area contributed by atoms with Crippen LogP contribution in [0, 0.1) is 12.7 Å². The van der Waals surface area contributed by atoms with Gasteiger partial charge in [-0.25, -0.2) is 12.8 Å². The van der Waals surface area contributed by atoms with Crippen LogP contribution in [0.15, 0.2) is 48.5 Å².